The standard InChI is InChI=1S/C13H21NO3/c1-12(2)8-5-9-13(3,4)14(12)10(15)6-7-11(16)17/h6-7H,5,8-9H2,1-4H3,(H,16,17)/b7-6-. The van der Waals surface area contributed by atoms with Crippen LogP contribution in [0.15, 0.2) is 12.2 Å². The molecule has 96 valence electrons. The fourth-order valence-corrected chi connectivity index (χ4v) is 2.81. The third kappa shape index (κ3) is 3.08. The van der Waals surface area contributed by atoms with Crippen LogP contribution >= 0.6 is 0 Å². The molecule has 1 aliphatic heterocycles. The van der Waals surface area contributed by atoms with Crippen molar-refractivity contribution in [1.29, 1.82) is 0 Å². The minimum atomic E-state index is -1.09. The molecule has 0 aliphatic carbocycles. The van der Waals surface area contributed by atoms with Crippen molar-refractivity contribution in [3.63, 3.8) is 0 Å². The molecule has 4 heteroatoms. The van der Waals surface area contributed by atoms with E-state index in [1.807, 2.05) is 32.6 Å². The largest absolute Gasteiger partial charge is 0.478 e. The minimum absolute atomic E-state index is 0.220. The number of rotatable bonds is 2. The third-order valence-corrected chi connectivity index (χ3v) is 3.38. The van der Waals surface area contributed by atoms with Gasteiger partial charge in [0.15, 0.2) is 0 Å². The molecule has 0 aromatic rings. The van der Waals surface area contributed by atoms with Crippen LogP contribution in [0.25, 0.3) is 0 Å². The van der Waals surface area contributed by atoms with Crippen molar-refractivity contribution in [2.75, 3.05) is 0 Å². The first-order valence-electron chi connectivity index (χ1n) is 5.92. The number of hydrogen-bond acceptors (Lipinski definition) is 2. The number of carbonyl (C=O) groups is 2. The van der Waals surface area contributed by atoms with Gasteiger partial charge in [-0.2, -0.15) is 0 Å². The van der Waals surface area contributed by atoms with Crippen molar-refractivity contribution in [3.05, 3.63) is 12.2 Å². The summed E-state index contributed by atoms with van der Waals surface area (Å²) in [6.07, 6.45) is 5.04. The van der Waals surface area contributed by atoms with Gasteiger partial charge in [-0.15, -0.1) is 0 Å². The van der Waals surface area contributed by atoms with Crippen LogP contribution in [0.1, 0.15) is 47.0 Å². The molecule has 4 nitrogen and oxygen atoms in total. The molecule has 0 unspecified atom stereocenters. The highest BCUT2D eigenvalue weighted by Gasteiger charge is 2.43. The van der Waals surface area contributed by atoms with Crippen LogP contribution in [-0.2, 0) is 9.59 Å². The zero-order chi connectivity index (χ0) is 13.3. The van der Waals surface area contributed by atoms with Crippen molar-refractivity contribution in [3.8, 4) is 0 Å². The SMILES string of the molecule is CC1(C)CCCC(C)(C)N1C(=O)/C=C\C(=O)O. The van der Waals surface area contributed by atoms with Gasteiger partial charge in [0.25, 0.3) is 0 Å². The van der Waals surface area contributed by atoms with E-state index in [0.29, 0.717) is 0 Å². The van der Waals surface area contributed by atoms with Crippen LogP contribution in [0.4, 0.5) is 0 Å². The van der Waals surface area contributed by atoms with Crippen LogP contribution in [0.2, 0.25) is 0 Å². The third-order valence-electron chi connectivity index (χ3n) is 3.38. The van der Waals surface area contributed by atoms with Crippen molar-refractivity contribution < 1.29 is 14.7 Å². The summed E-state index contributed by atoms with van der Waals surface area (Å²) in [5.74, 6) is -1.31. The molecule has 1 fully saturated rings. The highest BCUT2D eigenvalue weighted by atomic mass is 16.4. The number of hydrogen-bond donors (Lipinski definition) is 1. The van der Waals surface area contributed by atoms with Gasteiger partial charge in [-0.1, -0.05) is 0 Å². The second-order valence-electron chi connectivity index (χ2n) is 5.82. The first-order valence-corrected chi connectivity index (χ1v) is 5.92. The van der Waals surface area contributed by atoms with Gasteiger partial charge in [0, 0.05) is 23.2 Å². The Kier molecular flexibility index (Phi) is 3.65. The molecule has 1 saturated heterocycles. The second kappa shape index (κ2) is 4.51. The van der Waals surface area contributed by atoms with E-state index in [-0.39, 0.29) is 17.0 Å². The van der Waals surface area contributed by atoms with Gasteiger partial charge in [-0.25, -0.2) is 4.79 Å². The number of amides is 1. The molecule has 17 heavy (non-hydrogen) atoms. The van der Waals surface area contributed by atoms with Gasteiger partial charge in [0.05, 0.1) is 0 Å². The lowest BCUT2D eigenvalue weighted by Gasteiger charge is -2.52. The van der Waals surface area contributed by atoms with Crippen molar-refractivity contribution in [2.45, 2.75) is 58.0 Å². The van der Waals surface area contributed by atoms with Crippen LogP contribution in [0.5, 0.6) is 0 Å². The predicted octanol–water partition coefficient (Wildman–Crippen LogP) is 2.20. The maximum absolute atomic E-state index is 12.1. The summed E-state index contributed by atoms with van der Waals surface area (Å²) in [4.78, 5) is 24.4. The zero-order valence-electron chi connectivity index (χ0n) is 11.0. The molecule has 1 amide bonds. The van der Waals surface area contributed by atoms with E-state index < -0.39 is 5.97 Å². The Morgan fingerprint density at radius 1 is 1.06 bits per heavy atom. The molecule has 0 bridgehead atoms. The van der Waals surface area contributed by atoms with E-state index >= 15 is 0 Å². The minimum Gasteiger partial charge on any atom is -0.478 e. The number of carboxylic acids is 1. The molecule has 1 aliphatic rings. The van der Waals surface area contributed by atoms with Gasteiger partial charge in [0.2, 0.25) is 5.91 Å². The molecule has 0 spiro atoms. The highest BCUT2D eigenvalue weighted by Crippen LogP contribution is 2.38. The molecule has 1 N–H and O–H groups in total. The van der Waals surface area contributed by atoms with Gasteiger partial charge < -0.3 is 10.0 Å². The Labute approximate surface area is 102 Å². The summed E-state index contributed by atoms with van der Waals surface area (Å²) in [6, 6.07) is 0. The number of likely N-dealkylation sites (tertiary alicyclic amines) is 1. The van der Waals surface area contributed by atoms with Crippen molar-refractivity contribution >= 4 is 11.9 Å². The van der Waals surface area contributed by atoms with Crippen molar-refractivity contribution in [1.82, 2.24) is 4.90 Å². The Balaban J connectivity index is 2.97. The smallest absolute Gasteiger partial charge is 0.328 e. The molecule has 0 aromatic carbocycles. The Morgan fingerprint density at radius 3 is 1.94 bits per heavy atom. The van der Waals surface area contributed by atoms with E-state index in [4.69, 9.17) is 5.11 Å². The number of carbonyl (C=O) groups excluding carboxylic acids is 1. The lowest BCUT2D eigenvalue weighted by atomic mass is 9.79. The summed E-state index contributed by atoms with van der Waals surface area (Å²) in [6.45, 7) is 8.11. The summed E-state index contributed by atoms with van der Waals surface area (Å²) in [5, 5.41) is 8.56. The Hall–Kier alpha value is -1.32. The zero-order valence-corrected chi connectivity index (χ0v) is 11.0. The number of carboxylic acid groups (broad SMARTS) is 1. The van der Waals surface area contributed by atoms with Gasteiger partial charge >= 0.3 is 5.97 Å². The molecule has 0 radical (unpaired) electrons. The number of nitrogens with zero attached hydrogens (tertiary/aromatic N) is 1. The summed E-state index contributed by atoms with van der Waals surface area (Å²) < 4.78 is 0. The molecule has 0 aromatic heterocycles. The van der Waals surface area contributed by atoms with Crippen LogP contribution in [0, 0.1) is 0 Å². The fraction of sp³-hybridized carbons (Fsp3) is 0.692. The lowest BCUT2D eigenvalue weighted by molar-refractivity contribution is -0.143. The summed E-state index contributed by atoms with van der Waals surface area (Å²) in [5.41, 5.74) is -0.441. The summed E-state index contributed by atoms with van der Waals surface area (Å²) in [7, 11) is 0. The van der Waals surface area contributed by atoms with Crippen LogP contribution in [0.3, 0.4) is 0 Å². The monoisotopic (exact) mass is 239 g/mol. The molecular weight excluding hydrogens is 218 g/mol. The molecular formula is C13H21NO3. The molecule has 0 saturated carbocycles. The Morgan fingerprint density at radius 2 is 1.53 bits per heavy atom. The van der Waals surface area contributed by atoms with Crippen LogP contribution < -0.4 is 0 Å². The second-order valence-corrected chi connectivity index (χ2v) is 5.82. The predicted molar refractivity (Wildman–Crippen MR) is 65.6 cm³/mol. The summed E-state index contributed by atoms with van der Waals surface area (Å²) >= 11 is 0. The topological polar surface area (TPSA) is 57.6 Å². The number of piperidine rings is 1. The Bertz CT molecular complexity index is 340. The average molecular weight is 239 g/mol. The number of aliphatic carboxylic acids is 1. The fourth-order valence-electron chi connectivity index (χ4n) is 2.81. The quantitative estimate of drug-likeness (QED) is 0.751. The molecule has 0 atom stereocenters. The van der Waals surface area contributed by atoms with E-state index in [0.717, 1.165) is 31.4 Å². The van der Waals surface area contributed by atoms with E-state index in [2.05, 4.69) is 0 Å². The van der Waals surface area contributed by atoms with Gasteiger partial charge in [-0.3, -0.25) is 4.79 Å². The maximum Gasteiger partial charge on any atom is 0.328 e. The maximum atomic E-state index is 12.1. The van der Waals surface area contributed by atoms with E-state index in [9.17, 15) is 9.59 Å². The average Bonchev–Trinajstić information content (AvgIpc) is 2.11. The van der Waals surface area contributed by atoms with Gasteiger partial charge in [-0.05, 0) is 47.0 Å². The first kappa shape index (κ1) is 13.7. The molecule has 1 heterocycles. The van der Waals surface area contributed by atoms with E-state index in [1.165, 1.54) is 0 Å². The van der Waals surface area contributed by atoms with Crippen molar-refractivity contribution in [2.24, 2.45) is 0 Å². The highest BCUT2D eigenvalue weighted by molar-refractivity contribution is 5.94. The van der Waals surface area contributed by atoms with E-state index in [1.54, 1.807) is 0 Å². The molecule has 1 rings (SSSR count). The lowest BCUT2D eigenvalue weighted by Crippen LogP contribution is -2.60. The van der Waals surface area contributed by atoms with Crippen LogP contribution in [-0.4, -0.2) is 33.0 Å². The normalized spacial score (nSPS) is 22.7. The first-order chi connectivity index (χ1) is 7.67. The van der Waals surface area contributed by atoms with Gasteiger partial charge in [0.1, 0.15) is 0 Å².